The van der Waals surface area contributed by atoms with Gasteiger partial charge in [-0.15, -0.1) is 0 Å². The van der Waals surface area contributed by atoms with Crippen LogP contribution in [0.25, 0.3) is 0 Å². The van der Waals surface area contributed by atoms with E-state index in [0.717, 1.165) is 11.1 Å². The van der Waals surface area contributed by atoms with Gasteiger partial charge in [0.1, 0.15) is 5.75 Å². The second kappa shape index (κ2) is 9.64. The monoisotopic (exact) mass is 387 g/mol. The van der Waals surface area contributed by atoms with Crippen molar-refractivity contribution in [2.45, 2.75) is 20.4 Å². The summed E-state index contributed by atoms with van der Waals surface area (Å²) >= 11 is 0. The predicted octanol–water partition coefficient (Wildman–Crippen LogP) is 2.80. The average molecular weight is 387 g/mol. The number of amides is 1. The van der Waals surface area contributed by atoms with E-state index in [2.05, 4.69) is 5.32 Å². The van der Waals surface area contributed by atoms with Crippen molar-refractivity contribution < 1.29 is 28.5 Å². The zero-order valence-electron chi connectivity index (χ0n) is 16.8. The van der Waals surface area contributed by atoms with Crippen LogP contribution in [0.1, 0.15) is 27.0 Å². The number of rotatable bonds is 8. The van der Waals surface area contributed by atoms with Gasteiger partial charge in [-0.1, -0.05) is 17.7 Å². The number of carbonyl (C=O) groups is 2. The summed E-state index contributed by atoms with van der Waals surface area (Å²) in [6.07, 6.45) is 0. The Morgan fingerprint density at radius 3 is 2.14 bits per heavy atom. The van der Waals surface area contributed by atoms with Gasteiger partial charge >= 0.3 is 5.97 Å². The normalized spacial score (nSPS) is 10.2. The largest absolute Gasteiger partial charge is 0.496 e. The second-order valence-corrected chi connectivity index (χ2v) is 6.19. The van der Waals surface area contributed by atoms with Crippen molar-refractivity contribution >= 4 is 11.9 Å². The van der Waals surface area contributed by atoms with Gasteiger partial charge < -0.3 is 24.3 Å². The van der Waals surface area contributed by atoms with Crippen LogP contribution in [0.3, 0.4) is 0 Å². The highest BCUT2D eigenvalue weighted by molar-refractivity contribution is 5.92. The van der Waals surface area contributed by atoms with Gasteiger partial charge in [0, 0.05) is 18.2 Å². The Hall–Kier alpha value is -3.22. The molecule has 0 bridgehead atoms. The van der Waals surface area contributed by atoms with E-state index < -0.39 is 11.9 Å². The maximum Gasteiger partial charge on any atom is 0.338 e. The molecule has 0 aliphatic carbocycles. The molecule has 2 rings (SSSR count). The molecule has 2 aromatic carbocycles. The van der Waals surface area contributed by atoms with Crippen LogP contribution >= 0.6 is 0 Å². The van der Waals surface area contributed by atoms with Crippen molar-refractivity contribution in [2.75, 3.05) is 27.9 Å². The lowest BCUT2D eigenvalue weighted by Gasteiger charge is -2.14. The molecule has 0 aliphatic heterocycles. The molecule has 0 aliphatic rings. The van der Waals surface area contributed by atoms with Gasteiger partial charge in [-0.2, -0.15) is 0 Å². The van der Waals surface area contributed by atoms with Gasteiger partial charge in [0.25, 0.3) is 5.91 Å². The number of hydrogen-bond donors (Lipinski definition) is 1. The first-order valence-corrected chi connectivity index (χ1v) is 8.69. The summed E-state index contributed by atoms with van der Waals surface area (Å²) in [6.45, 7) is 3.58. The van der Waals surface area contributed by atoms with Gasteiger partial charge in [0.05, 0.1) is 26.9 Å². The molecule has 1 N–H and O–H groups in total. The Morgan fingerprint density at radius 2 is 1.54 bits per heavy atom. The Balaban J connectivity index is 1.96. The molecule has 0 fully saturated rings. The maximum absolute atomic E-state index is 12.2. The van der Waals surface area contributed by atoms with E-state index in [-0.39, 0.29) is 13.2 Å². The fourth-order valence-electron chi connectivity index (χ4n) is 2.73. The molecule has 150 valence electrons. The van der Waals surface area contributed by atoms with Gasteiger partial charge in [-0.25, -0.2) is 4.79 Å². The van der Waals surface area contributed by atoms with Crippen LogP contribution in [0.5, 0.6) is 17.2 Å². The zero-order chi connectivity index (χ0) is 20.7. The molecule has 0 saturated heterocycles. The van der Waals surface area contributed by atoms with E-state index in [0.29, 0.717) is 28.4 Å². The highest BCUT2D eigenvalue weighted by atomic mass is 16.5. The van der Waals surface area contributed by atoms with E-state index in [9.17, 15) is 9.59 Å². The highest BCUT2D eigenvalue weighted by Crippen LogP contribution is 2.34. The standard InChI is InChI=1S/C21H25NO6/c1-13-6-7-16(14(2)8-13)21(24)28-12-20(23)22-11-15-9-18(26-4)19(27-5)10-17(15)25-3/h6-10H,11-12H2,1-5H3,(H,22,23). The molecule has 1 amide bonds. The summed E-state index contributed by atoms with van der Waals surface area (Å²) in [7, 11) is 4.58. The number of hydrogen-bond acceptors (Lipinski definition) is 6. The first kappa shape index (κ1) is 21.1. The van der Waals surface area contributed by atoms with Crippen LogP contribution in [-0.4, -0.2) is 39.8 Å². The van der Waals surface area contributed by atoms with Crippen LogP contribution in [-0.2, 0) is 16.1 Å². The summed E-state index contributed by atoms with van der Waals surface area (Å²) < 4.78 is 20.9. The quantitative estimate of drug-likeness (QED) is 0.702. The van der Waals surface area contributed by atoms with Crippen molar-refractivity contribution in [1.82, 2.24) is 5.32 Å². The highest BCUT2D eigenvalue weighted by Gasteiger charge is 2.15. The average Bonchev–Trinajstić information content (AvgIpc) is 2.69. The molecule has 0 radical (unpaired) electrons. The topological polar surface area (TPSA) is 83.1 Å². The Kier molecular flexibility index (Phi) is 7.26. The summed E-state index contributed by atoms with van der Waals surface area (Å²) in [6, 6.07) is 8.81. The lowest BCUT2D eigenvalue weighted by Crippen LogP contribution is -2.28. The van der Waals surface area contributed by atoms with Crippen molar-refractivity contribution in [3.63, 3.8) is 0 Å². The van der Waals surface area contributed by atoms with Crippen LogP contribution in [0, 0.1) is 13.8 Å². The lowest BCUT2D eigenvalue weighted by atomic mass is 10.1. The molecule has 0 atom stereocenters. The Labute approximate surface area is 164 Å². The SMILES string of the molecule is COc1cc(OC)c(OC)cc1CNC(=O)COC(=O)c1ccc(C)cc1C. The van der Waals surface area contributed by atoms with Gasteiger partial charge in [-0.3, -0.25) is 4.79 Å². The Bertz CT molecular complexity index is 862. The molecule has 28 heavy (non-hydrogen) atoms. The van der Waals surface area contributed by atoms with Crippen molar-refractivity contribution in [3.05, 3.63) is 52.6 Å². The molecule has 0 heterocycles. The molecule has 7 nitrogen and oxygen atoms in total. The number of nitrogens with one attached hydrogen (secondary N) is 1. The predicted molar refractivity (Wildman–Crippen MR) is 104 cm³/mol. The van der Waals surface area contributed by atoms with Gasteiger partial charge in [0.15, 0.2) is 18.1 Å². The molecule has 7 heteroatoms. The fraction of sp³-hybridized carbons (Fsp3) is 0.333. The van der Waals surface area contributed by atoms with Gasteiger partial charge in [-0.05, 0) is 31.5 Å². The van der Waals surface area contributed by atoms with Crippen molar-refractivity contribution in [3.8, 4) is 17.2 Å². The molecule has 2 aromatic rings. The third-order valence-corrected chi connectivity index (χ3v) is 4.20. The van der Waals surface area contributed by atoms with E-state index in [1.165, 1.54) is 21.3 Å². The molecular weight excluding hydrogens is 362 g/mol. The molecule has 0 aromatic heterocycles. The second-order valence-electron chi connectivity index (χ2n) is 6.19. The van der Waals surface area contributed by atoms with E-state index >= 15 is 0 Å². The first-order chi connectivity index (χ1) is 13.4. The molecule has 0 saturated carbocycles. The van der Waals surface area contributed by atoms with E-state index in [4.69, 9.17) is 18.9 Å². The maximum atomic E-state index is 12.2. The summed E-state index contributed by atoms with van der Waals surface area (Å²) in [5.74, 6) is 0.641. The van der Waals surface area contributed by atoms with E-state index in [1.807, 2.05) is 26.0 Å². The Morgan fingerprint density at radius 1 is 0.893 bits per heavy atom. The number of benzene rings is 2. The third kappa shape index (κ3) is 5.16. The van der Waals surface area contributed by atoms with Crippen molar-refractivity contribution in [2.24, 2.45) is 0 Å². The molecule has 0 spiro atoms. The van der Waals surface area contributed by atoms with Crippen LogP contribution < -0.4 is 19.5 Å². The molecular formula is C21H25NO6. The van der Waals surface area contributed by atoms with E-state index in [1.54, 1.807) is 18.2 Å². The van der Waals surface area contributed by atoms with Crippen molar-refractivity contribution in [1.29, 1.82) is 0 Å². The smallest absolute Gasteiger partial charge is 0.338 e. The fourth-order valence-corrected chi connectivity index (χ4v) is 2.73. The summed E-state index contributed by atoms with van der Waals surface area (Å²) in [5.41, 5.74) is 3.00. The first-order valence-electron chi connectivity index (χ1n) is 8.69. The summed E-state index contributed by atoms with van der Waals surface area (Å²) in [4.78, 5) is 24.2. The van der Waals surface area contributed by atoms with Gasteiger partial charge in [0.2, 0.25) is 0 Å². The number of aryl methyl sites for hydroxylation is 2. The molecule has 0 unspecified atom stereocenters. The number of methoxy groups -OCH3 is 3. The van der Waals surface area contributed by atoms with Crippen LogP contribution in [0.4, 0.5) is 0 Å². The zero-order valence-corrected chi connectivity index (χ0v) is 16.8. The minimum absolute atomic E-state index is 0.184. The third-order valence-electron chi connectivity index (χ3n) is 4.20. The lowest BCUT2D eigenvalue weighted by molar-refractivity contribution is -0.124. The number of esters is 1. The van der Waals surface area contributed by atoms with Crippen LogP contribution in [0.2, 0.25) is 0 Å². The minimum Gasteiger partial charge on any atom is -0.496 e. The minimum atomic E-state index is -0.531. The number of ether oxygens (including phenoxy) is 4. The summed E-state index contributed by atoms with van der Waals surface area (Å²) in [5, 5.41) is 2.70. The van der Waals surface area contributed by atoms with Crippen LogP contribution in [0.15, 0.2) is 30.3 Å². The number of carbonyl (C=O) groups excluding carboxylic acids is 2.